The van der Waals surface area contributed by atoms with Crippen LogP contribution in [0.4, 0.5) is 10.5 Å². The second-order valence-corrected chi connectivity index (χ2v) is 5.86. The second-order valence-electron chi connectivity index (χ2n) is 5.48. The van der Waals surface area contributed by atoms with Crippen LogP contribution in [0.15, 0.2) is 42.5 Å². The molecule has 114 valence electrons. The first-order valence-corrected chi connectivity index (χ1v) is 7.52. The summed E-state index contributed by atoms with van der Waals surface area (Å²) in [6, 6.07) is 12.4. The van der Waals surface area contributed by atoms with E-state index in [9.17, 15) is 9.90 Å². The second kappa shape index (κ2) is 5.99. The van der Waals surface area contributed by atoms with Crippen LogP contribution in [0, 0.1) is 6.92 Å². The molecule has 3 rings (SSSR count). The Balaban J connectivity index is 1.74. The van der Waals surface area contributed by atoms with Gasteiger partial charge in [0.2, 0.25) is 0 Å². The Hall–Kier alpha value is -2.04. The van der Waals surface area contributed by atoms with Gasteiger partial charge >= 0.3 is 6.03 Å². The number of amides is 2. The topological polar surface area (TPSA) is 61.4 Å². The standard InChI is InChI=1S/C17H17ClN2O2/c1-10-5-4-8-13(15(10)18)19-17(22)20-16-12-7-3-2-6-11(12)9-14(16)21/h2-8,14,16,21H,9H2,1H3,(H2,19,20,22)/t14-,16+/m1/s1. The average Bonchev–Trinajstić information content (AvgIpc) is 2.80. The number of nitrogens with one attached hydrogen (secondary N) is 2. The van der Waals surface area contributed by atoms with Crippen molar-refractivity contribution in [1.29, 1.82) is 0 Å². The third-order valence-corrected chi connectivity index (χ3v) is 4.43. The van der Waals surface area contributed by atoms with Gasteiger partial charge in [0.15, 0.2) is 0 Å². The fourth-order valence-electron chi connectivity index (χ4n) is 2.79. The Morgan fingerprint density at radius 1 is 1.23 bits per heavy atom. The molecule has 1 aliphatic carbocycles. The van der Waals surface area contributed by atoms with Crippen molar-refractivity contribution in [3.8, 4) is 0 Å². The SMILES string of the molecule is Cc1cccc(NC(=O)N[C@H]2c3ccccc3C[C@H]2O)c1Cl. The molecule has 0 spiro atoms. The normalized spacial score (nSPS) is 19.6. The number of rotatable bonds is 2. The number of urea groups is 1. The number of carbonyl (C=O) groups is 1. The summed E-state index contributed by atoms with van der Waals surface area (Å²) >= 11 is 6.17. The Kier molecular flexibility index (Phi) is 4.05. The zero-order valence-electron chi connectivity index (χ0n) is 12.1. The fraction of sp³-hybridized carbons (Fsp3) is 0.235. The molecule has 4 nitrogen and oxygen atoms in total. The molecule has 0 heterocycles. The number of aliphatic hydroxyl groups excluding tert-OH is 1. The molecule has 2 atom stereocenters. The Labute approximate surface area is 134 Å². The van der Waals surface area contributed by atoms with E-state index < -0.39 is 12.1 Å². The van der Waals surface area contributed by atoms with Gasteiger partial charge in [-0.1, -0.05) is 48.0 Å². The molecule has 3 N–H and O–H groups in total. The van der Waals surface area contributed by atoms with E-state index in [2.05, 4.69) is 10.6 Å². The minimum atomic E-state index is -0.615. The maximum Gasteiger partial charge on any atom is 0.319 e. The van der Waals surface area contributed by atoms with Gasteiger partial charge in [-0.2, -0.15) is 0 Å². The molecule has 2 aromatic carbocycles. The summed E-state index contributed by atoms with van der Waals surface area (Å²) in [5, 5.41) is 16.2. The van der Waals surface area contributed by atoms with Gasteiger partial charge in [-0.15, -0.1) is 0 Å². The number of hydrogen-bond acceptors (Lipinski definition) is 2. The molecule has 0 aliphatic heterocycles. The third kappa shape index (κ3) is 2.80. The van der Waals surface area contributed by atoms with Crippen LogP contribution in [-0.4, -0.2) is 17.2 Å². The molecule has 2 aromatic rings. The molecular weight excluding hydrogens is 300 g/mol. The van der Waals surface area contributed by atoms with Gasteiger partial charge in [0.05, 0.1) is 22.9 Å². The van der Waals surface area contributed by atoms with Crippen molar-refractivity contribution in [2.75, 3.05) is 5.32 Å². The maximum atomic E-state index is 12.2. The van der Waals surface area contributed by atoms with Gasteiger partial charge < -0.3 is 15.7 Å². The lowest BCUT2D eigenvalue weighted by Crippen LogP contribution is -2.36. The van der Waals surface area contributed by atoms with Crippen LogP contribution in [0.3, 0.4) is 0 Å². The number of carbonyl (C=O) groups excluding carboxylic acids is 1. The van der Waals surface area contributed by atoms with Gasteiger partial charge in [0.25, 0.3) is 0 Å². The van der Waals surface area contributed by atoms with Crippen molar-refractivity contribution in [1.82, 2.24) is 5.32 Å². The van der Waals surface area contributed by atoms with Crippen LogP contribution in [0.2, 0.25) is 5.02 Å². The highest BCUT2D eigenvalue weighted by Crippen LogP contribution is 2.31. The zero-order chi connectivity index (χ0) is 15.7. The number of benzene rings is 2. The predicted molar refractivity (Wildman–Crippen MR) is 87.2 cm³/mol. The predicted octanol–water partition coefficient (Wildman–Crippen LogP) is 3.43. The van der Waals surface area contributed by atoms with Crippen LogP contribution in [-0.2, 0) is 6.42 Å². The van der Waals surface area contributed by atoms with Crippen molar-refractivity contribution in [3.63, 3.8) is 0 Å². The van der Waals surface area contributed by atoms with Crippen molar-refractivity contribution < 1.29 is 9.90 Å². The van der Waals surface area contributed by atoms with E-state index in [0.29, 0.717) is 17.1 Å². The lowest BCUT2D eigenvalue weighted by molar-refractivity contribution is 0.144. The first-order chi connectivity index (χ1) is 10.6. The van der Waals surface area contributed by atoms with Crippen molar-refractivity contribution in [2.45, 2.75) is 25.5 Å². The average molecular weight is 317 g/mol. The quantitative estimate of drug-likeness (QED) is 0.795. The summed E-state index contributed by atoms with van der Waals surface area (Å²) in [5.74, 6) is 0. The molecule has 0 radical (unpaired) electrons. The van der Waals surface area contributed by atoms with Gasteiger partial charge in [0.1, 0.15) is 0 Å². The van der Waals surface area contributed by atoms with E-state index in [1.54, 1.807) is 6.07 Å². The summed E-state index contributed by atoms with van der Waals surface area (Å²) in [6.45, 7) is 1.88. The highest BCUT2D eigenvalue weighted by molar-refractivity contribution is 6.34. The number of hydrogen-bond donors (Lipinski definition) is 3. The molecule has 2 amide bonds. The van der Waals surface area contributed by atoms with Crippen LogP contribution >= 0.6 is 11.6 Å². The molecule has 1 aliphatic rings. The Bertz CT molecular complexity index is 718. The van der Waals surface area contributed by atoms with Crippen molar-refractivity contribution in [2.24, 2.45) is 0 Å². The first-order valence-electron chi connectivity index (χ1n) is 7.15. The summed E-state index contributed by atoms with van der Waals surface area (Å²) < 4.78 is 0. The first kappa shape index (κ1) is 14.9. The highest BCUT2D eigenvalue weighted by Gasteiger charge is 2.31. The smallest absolute Gasteiger partial charge is 0.319 e. The largest absolute Gasteiger partial charge is 0.390 e. The molecule has 5 heteroatoms. The minimum Gasteiger partial charge on any atom is -0.390 e. The zero-order valence-corrected chi connectivity index (χ0v) is 12.9. The van der Waals surface area contributed by atoms with Gasteiger partial charge in [-0.05, 0) is 29.7 Å². The van der Waals surface area contributed by atoms with E-state index >= 15 is 0 Å². The van der Waals surface area contributed by atoms with Crippen molar-refractivity contribution in [3.05, 3.63) is 64.2 Å². The number of anilines is 1. The van der Waals surface area contributed by atoms with E-state index in [0.717, 1.165) is 16.7 Å². The minimum absolute atomic E-state index is 0.381. The fourth-order valence-corrected chi connectivity index (χ4v) is 2.96. The number of fused-ring (bicyclic) bond motifs is 1. The van der Waals surface area contributed by atoms with Crippen LogP contribution < -0.4 is 10.6 Å². The molecule has 0 bridgehead atoms. The monoisotopic (exact) mass is 316 g/mol. The summed E-state index contributed by atoms with van der Waals surface area (Å²) in [4.78, 5) is 12.2. The summed E-state index contributed by atoms with van der Waals surface area (Å²) in [5.41, 5.74) is 3.47. The number of halogens is 1. The van der Waals surface area contributed by atoms with Crippen LogP contribution in [0.1, 0.15) is 22.7 Å². The maximum absolute atomic E-state index is 12.2. The Morgan fingerprint density at radius 2 is 2.00 bits per heavy atom. The Morgan fingerprint density at radius 3 is 2.82 bits per heavy atom. The number of aliphatic hydroxyl groups is 1. The molecule has 0 fully saturated rings. The highest BCUT2D eigenvalue weighted by atomic mass is 35.5. The van der Waals surface area contributed by atoms with Crippen LogP contribution in [0.5, 0.6) is 0 Å². The molecule has 22 heavy (non-hydrogen) atoms. The van der Waals surface area contributed by atoms with Gasteiger partial charge in [-0.3, -0.25) is 0 Å². The van der Waals surface area contributed by atoms with Gasteiger partial charge in [0, 0.05) is 6.42 Å². The summed E-state index contributed by atoms with van der Waals surface area (Å²) in [7, 11) is 0. The van der Waals surface area contributed by atoms with Gasteiger partial charge in [-0.25, -0.2) is 4.79 Å². The molecule has 0 saturated carbocycles. The molecular formula is C17H17ClN2O2. The lowest BCUT2D eigenvalue weighted by atomic mass is 10.1. The van der Waals surface area contributed by atoms with Crippen LogP contribution in [0.25, 0.3) is 0 Å². The third-order valence-electron chi connectivity index (χ3n) is 3.93. The van der Waals surface area contributed by atoms with E-state index in [1.807, 2.05) is 43.3 Å². The molecule has 0 aromatic heterocycles. The molecule has 0 saturated heterocycles. The van der Waals surface area contributed by atoms with E-state index in [1.165, 1.54) is 0 Å². The number of aryl methyl sites for hydroxylation is 1. The summed E-state index contributed by atoms with van der Waals surface area (Å²) in [6.07, 6.45) is -0.0668. The van der Waals surface area contributed by atoms with Crippen molar-refractivity contribution >= 4 is 23.3 Å². The lowest BCUT2D eigenvalue weighted by Gasteiger charge is -2.19. The molecule has 0 unspecified atom stereocenters. The van der Waals surface area contributed by atoms with E-state index in [-0.39, 0.29) is 6.03 Å². The van der Waals surface area contributed by atoms with E-state index in [4.69, 9.17) is 11.6 Å².